The van der Waals surface area contributed by atoms with Gasteiger partial charge in [0.2, 0.25) is 0 Å². The summed E-state index contributed by atoms with van der Waals surface area (Å²) >= 11 is 0. The molecule has 0 bridgehead atoms. The molecular weight excluding hydrogens is 210 g/mol. The monoisotopic (exact) mass is 241 g/mol. The van der Waals surface area contributed by atoms with Gasteiger partial charge in [0, 0.05) is 12.6 Å². The quantitative estimate of drug-likeness (QED) is 0.796. The van der Waals surface area contributed by atoms with Crippen molar-refractivity contribution in [2.75, 3.05) is 6.61 Å². The zero-order valence-electron chi connectivity index (χ0n) is 12.4. The minimum Gasteiger partial charge on any atom is -0.374 e. The van der Waals surface area contributed by atoms with Crippen LogP contribution in [0.3, 0.4) is 0 Å². The van der Waals surface area contributed by atoms with Gasteiger partial charge in [0.1, 0.15) is 0 Å². The molecular formula is C15H31NO. The van der Waals surface area contributed by atoms with Gasteiger partial charge < -0.3 is 10.5 Å². The zero-order valence-corrected chi connectivity index (χ0v) is 12.4. The van der Waals surface area contributed by atoms with Gasteiger partial charge >= 0.3 is 0 Å². The highest BCUT2D eigenvalue weighted by atomic mass is 16.5. The lowest BCUT2D eigenvalue weighted by molar-refractivity contribution is -0.108. The van der Waals surface area contributed by atoms with Crippen LogP contribution in [0.4, 0.5) is 0 Å². The molecule has 2 atom stereocenters. The number of hydrogen-bond acceptors (Lipinski definition) is 2. The predicted molar refractivity (Wildman–Crippen MR) is 74.0 cm³/mol. The van der Waals surface area contributed by atoms with Crippen LogP contribution in [0, 0.1) is 11.3 Å². The van der Waals surface area contributed by atoms with Gasteiger partial charge in [-0.05, 0) is 43.9 Å². The van der Waals surface area contributed by atoms with Crippen molar-refractivity contribution >= 4 is 0 Å². The fourth-order valence-electron chi connectivity index (χ4n) is 2.98. The fourth-order valence-corrected chi connectivity index (χ4v) is 2.98. The SMILES string of the molecule is CCOC1(C(N)C(C)CC)CCC(C)(C)CC1. The summed E-state index contributed by atoms with van der Waals surface area (Å²) in [5, 5.41) is 0. The fraction of sp³-hybridized carbons (Fsp3) is 1.00. The van der Waals surface area contributed by atoms with Crippen LogP contribution < -0.4 is 5.73 Å². The highest BCUT2D eigenvalue weighted by Gasteiger charge is 2.44. The Kier molecular flexibility index (Phi) is 5.03. The molecule has 0 aromatic carbocycles. The minimum atomic E-state index is -0.0559. The van der Waals surface area contributed by atoms with E-state index in [1.165, 1.54) is 12.8 Å². The Morgan fingerprint density at radius 1 is 1.12 bits per heavy atom. The highest BCUT2D eigenvalue weighted by Crippen LogP contribution is 2.44. The van der Waals surface area contributed by atoms with Gasteiger partial charge in [0.05, 0.1) is 5.60 Å². The van der Waals surface area contributed by atoms with Crippen LogP contribution in [0.15, 0.2) is 0 Å². The summed E-state index contributed by atoms with van der Waals surface area (Å²) in [5.41, 5.74) is 6.90. The van der Waals surface area contributed by atoms with Gasteiger partial charge in [-0.3, -0.25) is 0 Å². The lowest BCUT2D eigenvalue weighted by atomic mass is 9.66. The second-order valence-electron chi connectivity index (χ2n) is 6.57. The molecule has 102 valence electrons. The topological polar surface area (TPSA) is 35.2 Å². The smallest absolute Gasteiger partial charge is 0.0835 e. The van der Waals surface area contributed by atoms with E-state index >= 15 is 0 Å². The zero-order chi connectivity index (χ0) is 13.1. The first kappa shape index (κ1) is 15.0. The van der Waals surface area contributed by atoms with E-state index in [1.54, 1.807) is 0 Å². The summed E-state index contributed by atoms with van der Waals surface area (Å²) in [4.78, 5) is 0. The summed E-state index contributed by atoms with van der Waals surface area (Å²) in [6.45, 7) is 12.1. The molecule has 1 fully saturated rings. The van der Waals surface area contributed by atoms with Crippen LogP contribution in [0.1, 0.15) is 66.7 Å². The number of hydrogen-bond donors (Lipinski definition) is 1. The van der Waals surface area contributed by atoms with Crippen molar-refractivity contribution in [1.82, 2.24) is 0 Å². The summed E-state index contributed by atoms with van der Waals surface area (Å²) in [6.07, 6.45) is 5.85. The molecule has 0 aromatic heterocycles. The van der Waals surface area contributed by atoms with E-state index < -0.39 is 0 Å². The van der Waals surface area contributed by atoms with Gasteiger partial charge in [0.15, 0.2) is 0 Å². The molecule has 2 N–H and O–H groups in total. The Balaban J connectivity index is 2.77. The first-order chi connectivity index (χ1) is 7.87. The lowest BCUT2D eigenvalue weighted by Crippen LogP contribution is -2.56. The van der Waals surface area contributed by atoms with Crippen molar-refractivity contribution in [2.24, 2.45) is 17.1 Å². The molecule has 1 saturated carbocycles. The molecule has 0 radical (unpaired) electrons. The molecule has 0 heterocycles. The Bertz CT molecular complexity index is 227. The van der Waals surface area contributed by atoms with E-state index in [0.29, 0.717) is 11.3 Å². The van der Waals surface area contributed by atoms with Gasteiger partial charge in [0.25, 0.3) is 0 Å². The van der Waals surface area contributed by atoms with E-state index in [-0.39, 0.29) is 11.6 Å². The third-order valence-corrected chi connectivity index (χ3v) is 4.75. The summed E-state index contributed by atoms with van der Waals surface area (Å²) in [5.74, 6) is 0.544. The van der Waals surface area contributed by atoms with Gasteiger partial charge in [-0.2, -0.15) is 0 Å². The molecule has 1 rings (SSSR count). The molecule has 0 saturated heterocycles. The molecule has 2 heteroatoms. The van der Waals surface area contributed by atoms with Crippen molar-refractivity contribution in [2.45, 2.75) is 78.4 Å². The predicted octanol–water partition coefficient (Wildman–Crippen LogP) is 3.74. The van der Waals surface area contributed by atoms with Crippen LogP contribution in [-0.2, 0) is 4.74 Å². The van der Waals surface area contributed by atoms with E-state index in [9.17, 15) is 0 Å². The molecule has 0 amide bonds. The van der Waals surface area contributed by atoms with E-state index in [4.69, 9.17) is 10.5 Å². The lowest BCUT2D eigenvalue weighted by Gasteiger charge is -2.48. The molecule has 2 nitrogen and oxygen atoms in total. The maximum absolute atomic E-state index is 6.49. The third kappa shape index (κ3) is 3.45. The minimum absolute atomic E-state index is 0.0559. The standard InChI is InChI=1S/C15H31NO/c1-6-12(3)13(16)15(17-7-2)10-8-14(4,5)9-11-15/h12-13H,6-11,16H2,1-5H3. The third-order valence-electron chi connectivity index (χ3n) is 4.75. The van der Waals surface area contributed by atoms with Crippen molar-refractivity contribution in [3.8, 4) is 0 Å². The van der Waals surface area contributed by atoms with E-state index in [1.807, 2.05) is 0 Å². The number of rotatable bonds is 5. The average Bonchev–Trinajstić information content (AvgIpc) is 2.30. The Labute approximate surface area is 107 Å². The molecule has 0 aliphatic heterocycles. The molecule has 1 aliphatic rings. The highest BCUT2D eigenvalue weighted by molar-refractivity contribution is 4.99. The maximum Gasteiger partial charge on any atom is 0.0835 e. The van der Waals surface area contributed by atoms with Crippen LogP contribution in [0.2, 0.25) is 0 Å². The number of ether oxygens (including phenoxy) is 1. The average molecular weight is 241 g/mol. The van der Waals surface area contributed by atoms with Crippen molar-refractivity contribution < 1.29 is 4.74 Å². The molecule has 17 heavy (non-hydrogen) atoms. The molecule has 1 aliphatic carbocycles. The Hall–Kier alpha value is -0.0800. The van der Waals surface area contributed by atoms with E-state index in [2.05, 4.69) is 34.6 Å². The van der Waals surface area contributed by atoms with E-state index in [0.717, 1.165) is 25.9 Å². The van der Waals surface area contributed by atoms with Crippen molar-refractivity contribution in [3.05, 3.63) is 0 Å². The summed E-state index contributed by atoms with van der Waals surface area (Å²) in [7, 11) is 0. The largest absolute Gasteiger partial charge is 0.374 e. The van der Waals surface area contributed by atoms with Crippen molar-refractivity contribution in [1.29, 1.82) is 0 Å². The van der Waals surface area contributed by atoms with Crippen LogP contribution in [-0.4, -0.2) is 18.2 Å². The van der Waals surface area contributed by atoms with Gasteiger partial charge in [-0.25, -0.2) is 0 Å². The summed E-state index contributed by atoms with van der Waals surface area (Å²) < 4.78 is 6.12. The molecule has 2 unspecified atom stereocenters. The first-order valence-electron chi connectivity index (χ1n) is 7.26. The number of nitrogens with two attached hydrogens (primary N) is 1. The maximum atomic E-state index is 6.49. The van der Waals surface area contributed by atoms with Gasteiger partial charge in [-0.1, -0.05) is 34.1 Å². The van der Waals surface area contributed by atoms with Crippen LogP contribution >= 0.6 is 0 Å². The summed E-state index contributed by atoms with van der Waals surface area (Å²) in [6, 6.07) is 0.184. The van der Waals surface area contributed by atoms with Crippen molar-refractivity contribution in [3.63, 3.8) is 0 Å². The Morgan fingerprint density at radius 2 is 1.65 bits per heavy atom. The molecule has 0 spiro atoms. The second kappa shape index (κ2) is 5.71. The normalized spacial score (nSPS) is 26.5. The molecule has 0 aromatic rings. The van der Waals surface area contributed by atoms with Crippen LogP contribution in [0.5, 0.6) is 0 Å². The second-order valence-corrected chi connectivity index (χ2v) is 6.57. The first-order valence-corrected chi connectivity index (χ1v) is 7.26. The van der Waals surface area contributed by atoms with Crippen LogP contribution in [0.25, 0.3) is 0 Å². The Morgan fingerprint density at radius 3 is 2.06 bits per heavy atom. The van der Waals surface area contributed by atoms with Gasteiger partial charge in [-0.15, -0.1) is 0 Å².